The maximum absolute atomic E-state index is 13.3. The van der Waals surface area contributed by atoms with Crippen molar-refractivity contribution in [2.45, 2.75) is 81.2 Å². The lowest BCUT2D eigenvalue weighted by molar-refractivity contribution is -0.142. The number of nitrogens with zero attached hydrogens (tertiary/aromatic N) is 2. The van der Waals surface area contributed by atoms with Gasteiger partial charge in [0.15, 0.2) is 5.75 Å². The number of aldehydes is 2. The van der Waals surface area contributed by atoms with Crippen LogP contribution in [0, 0.1) is 0 Å². The van der Waals surface area contributed by atoms with Crippen molar-refractivity contribution in [2.24, 2.45) is 0 Å². The van der Waals surface area contributed by atoms with Gasteiger partial charge in [0.2, 0.25) is 23.6 Å². The SMILES string of the molecule is CS(=O)(=O)CC[C@H](NC(=O)c1cc(Cl)c(O)c(Cl)c1)C(=O)N1CCC[C@H]1C(=O)N[C@H](C=O)CC(=O)O.CS(=O)(=O)C[C@H](NC(=O)c1ccc(N)c(Cl)c1)C(=O)N1CCC[C@H]1C(=O)N[C@H](C=O)CC(=O)O. The molecule has 9 N–H and O–H groups in total. The third-order valence-electron chi connectivity index (χ3n) is 10.4. The monoisotopic (exact) mass is 1080 g/mol. The summed E-state index contributed by atoms with van der Waals surface area (Å²) in [6, 6.07) is -1.32. The number of anilines is 1. The van der Waals surface area contributed by atoms with Crippen molar-refractivity contribution in [1.82, 2.24) is 31.1 Å². The lowest BCUT2D eigenvalue weighted by Gasteiger charge is -2.29. The molecule has 2 aromatic rings. The molecule has 0 spiro atoms. The van der Waals surface area contributed by atoms with Crippen LogP contribution in [0.4, 0.5) is 5.69 Å². The van der Waals surface area contributed by atoms with E-state index in [1.165, 1.54) is 18.2 Å². The molecule has 2 aliphatic heterocycles. The van der Waals surface area contributed by atoms with Gasteiger partial charge in [0.1, 0.15) is 56.4 Å². The first-order valence-electron chi connectivity index (χ1n) is 20.8. The summed E-state index contributed by atoms with van der Waals surface area (Å²) in [4.78, 5) is 124. The lowest BCUT2D eigenvalue weighted by atomic mass is 10.1. The number of carboxylic acid groups (broad SMARTS) is 2. The van der Waals surface area contributed by atoms with E-state index in [0.717, 1.165) is 34.4 Å². The van der Waals surface area contributed by atoms with Crippen LogP contribution in [0.3, 0.4) is 0 Å². The normalized spacial score (nSPS) is 17.3. The number of sulfone groups is 2. The number of hydrogen-bond donors (Lipinski definition) is 8. The Morgan fingerprint density at radius 3 is 1.53 bits per heavy atom. The van der Waals surface area contributed by atoms with Gasteiger partial charge in [-0.1, -0.05) is 34.8 Å². The van der Waals surface area contributed by atoms with E-state index in [-0.39, 0.29) is 76.8 Å². The molecule has 0 bridgehead atoms. The van der Waals surface area contributed by atoms with Crippen LogP contribution in [-0.2, 0) is 58.0 Å². The molecule has 384 valence electrons. The minimum Gasteiger partial charge on any atom is -0.505 e. The largest absolute Gasteiger partial charge is 0.505 e. The summed E-state index contributed by atoms with van der Waals surface area (Å²) in [5.74, 6) is -8.84. The van der Waals surface area contributed by atoms with E-state index in [1.807, 2.05) is 0 Å². The topological polar surface area (TPSA) is 380 Å². The van der Waals surface area contributed by atoms with Gasteiger partial charge in [-0.25, -0.2) is 16.8 Å². The summed E-state index contributed by atoms with van der Waals surface area (Å²) in [6.45, 7) is 0.217. The van der Waals surface area contributed by atoms with Crippen LogP contribution in [0.25, 0.3) is 0 Å². The zero-order valence-corrected chi connectivity index (χ0v) is 41.2. The number of phenols is 1. The van der Waals surface area contributed by atoms with E-state index in [2.05, 4.69) is 21.3 Å². The number of aliphatic carboxylic acids is 2. The maximum atomic E-state index is 13.3. The molecule has 2 aromatic carbocycles. The Kier molecular flexibility index (Phi) is 21.4. The standard InChI is InChI=1S/C21H25Cl2N3O9S.C20H25ClN4O8S/c1-36(34,35)6-4-15(25-19(31)11-7-13(22)18(30)14(23)8-11)21(33)26-5-2-3-16(26)20(32)24-12(10-27)9-17(28)29;1-34(32,33)10-15(24-18(29)11-4-5-14(22)13(21)7-11)20(31)25-6-2-3-16(25)19(30)23-12(9-26)8-17(27)28/h7-8,10,12,15-16,30H,2-6,9H2,1H3,(H,24,32)(H,25,31)(H,28,29);4-5,7,9,12,15-16H,2-3,6,8,10,22H2,1H3,(H,23,30)(H,24,29)(H,27,28)/t2*12-,15-,16-/m00/s1. The highest BCUT2D eigenvalue weighted by Crippen LogP contribution is 2.33. The van der Waals surface area contributed by atoms with Gasteiger partial charge in [-0.3, -0.25) is 38.4 Å². The predicted octanol–water partition coefficient (Wildman–Crippen LogP) is -0.404. The Morgan fingerprint density at radius 1 is 0.686 bits per heavy atom. The van der Waals surface area contributed by atoms with Gasteiger partial charge in [-0.2, -0.15) is 0 Å². The lowest BCUT2D eigenvalue weighted by Crippen LogP contribution is -2.56. The average molecular weight is 1080 g/mol. The highest BCUT2D eigenvalue weighted by molar-refractivity contribution is 7.90. The minimum absolute atomic E-state index is 0.0451. The molecule has 2 saturated heterocycles. The van der Waals surface area contributed by atoms with Crippen molar-refractivity contribution in [3.05, 3.63) is 56.5 Å². The van der Waals surface area contributed by atoms with Crippen LogP contribution in [0.15, 0.2) is 30.3 Å². The fourth-order valence-corrected chi connectivity index (χ4v) is 9.28. The van der Waals surface area contributed by atoms with Crippen molar-refractivity contribution in [1.29, 1.82) is 0 Å². The Labute approximate surface area is 415 Å². The number of rotatable bonds is 21. The van der Waals surface area contributed by atoms with Crippen molar-refractivity contribution >= 4 is 120 Å². The molecular weight excluding hydrogens is 1030 g/mol. The Hall–Kier alpha value is -6.09. The van der Waals surface area contributed by atoms with Crippen molar-refractivity contribution in [3.8, 4) is 5.75 Å². The van der Waals surface area contributed by atoms with Gasteiger partial charge < -0.3 is 61.7 Å². The Morgan fingerprint density at radius 2 is 1.11 bits per heavy atom. The zero-order chi connectivity index (χ0) is 52.8. The second kappa shape index (κ2) is 25.7. The van der Waals surface area contributed by atoms with Crippen LogP contribution >= 0.6 is 34.8 Å². The molecule has 24 nitrogen and oxygen atoms in total. The Bertz CT molecular complexity index is 2580. The number of nitrogens with one attached hydrogen (secondary N) is 4. The highest BCUT2D eigenvalue weighted by Gasteiger charge is 2.41. The van der Waals surface area contributed by atoms with E-state index in [9.17, 15) is 69.9 Å². The molecule has 0 aromatic heterocycles. The zero-order valence-electron chi connectivity index (χ0n) is 37.3. The molecule has 0 saturated carbocycles. The number of benzene rings is 2. The summed E-state index contributed by atoms with van der Waals surface area (Å²) in [5.41, 5.74) is 5.80. The number of amides is 6. The van der Waals surface area contributed by atoms with Crippen LogP contribution in [-0.4, -0.2) is 175 Å². The molecule has 70 heavy (non-hydrogen) atoms. The van der Waals surface area contributed by atoms with E-state index in [4.69, 9.17) is 50.7 Å². The molecule has 6 amide bonds. The summed E-state index contributed by atoms with van der Waals surface area (Å²) in [5, 5.41) is 36.4. The minimum atomic E-state index is -3.74. The second-order valence-corrected chi connectivity index (χ2v) is 21.8. The van der Waals surface area contributed by atoms with Crippen molar-refractivity contribution in [3.63, 3.8) is 0 Å². The van der Waals surface area contributed by atoms with E-state index < -0.39 is 133 Å². The quantitative estimate of drug-likeness (QED) is 0.0582. The molecule has 0 unspecified atom stereocenters. The number of phenolic OH excluding ortho intramolecular Hbond substituents is 1. The first kappa shape index (κ1) is 58.2. The molecule has 6 atom stereocenters. The van der Waals surface area contributed by atoms with Crippen LogP contribution in [0.5, 0.6) is 5.75 Å². The van der Waals surface area contributed by atoms with Gasteiger partial charge in [0, 0.05) is 36.7 Å². The summed E-state index contributed by atoms with van der Waals surface area (Å²) >= 11 is 17.6. The first-order valence-corrected chi connectivity index (χ1v) is 26.1. The molecule has 0 radical (unpaired) electrons. The maximum Gasteiger partial charge on any atom is 0.305 e. The van der Waals surface area contributed by atoms with Crippen LogP contribution < -0.4 is 27.0 Å². The Balaban J connectivity index is 0.000000371. The number of carboxylic acids is 2. The number of carbonyl (C=O) groups excluding carboxylic acids is 8. The van der Waals surface area contributed by atoms with Crippen LogP contribution in [0.1, 0.15) is 65.7 Å². The van der Waals surface area contributed by atoms with Gasteiger partial charge in [0.25, 0.3) is 11.8 Å². The van der Waals surface area contributed by atoms with Gasteiger partial charge in [-0.15, -0.1) is 0 Å². The van der Waals surface area contributed by atoms with E-state index >= 15 is 0 Å². The van der Waals surface area contributed by atoms with Gasteiger partial charge >= 0.3 is 11.9 Å². The first-order chi connectivity index (χ1) is 32.5. The molecular formula is C41H50Cl3N7O17S2. The van der Waals surface area contributed by atoms with Crippen LogP contribution in [0.2, 0.25) is 15.1 Å². The molecule has 2 aliphatic rings. The molecule has 2 heterocycles. The fraction of sp³-hybridized carbons (Fsp3) is 0.463. The third-order valence-corrected chi connectivity index (χ3v) is 13.3. The molecule has 4 rings (SSSR count). The third kappa shape index (κ3) is 17.7. The number of nitrogens with two attached hydrogens (primary N) is 1. The smallest absolute Gasteiger partial charge is 0.305 e. The summed E-state index contributed by atoms with van der Waals surface area (Å²) < 4.78 is 47.4. The molecule has 0 aliphatic carbocycles. The number of hydrogen-bond acceptors (Lipinski definition) is 16. The molecule has 2 fully saturated rings. The predicted molar refractivity (Wildman–Crippen MR) is 251 cm³/mol. The number of halogens is 3. The van der Waals surface area contributed by atoms with E-state index in [0.29, 0.717) is 12.8 Å². The average Bonchev–Trinajstić information content (AvgIpc) is 3.97. The number of aromatic hydroxyl groups is 1. The molecule has 29 heteroatoms. The summed E-state index contributed by atoms with van der Waals surface area (Å²) in [6.07, 6.45) is 2.07. The number of carbonyl (C=O) groups is 10. The number of likely N-dealkylation sites (tertiary alicyclic amines) is 2. The van der Waals surface area contributed by atoms with Crippen molar-refractivity contribution in [2.75, 3.05) is 42.8 Å². The van der Waals surface area contributed by atoms with E-state index in [1.54, 1.807) is 0 Å². The fourth-order valence-electron chi connectivity index (χ4n) is 7.12. The van der Waals surface area contributed by atoms with Gasteiger partial charge in [-0.05, 0) is 62.4 Å². The number of nitrogen functional groups attached to an aromatic ring is 1. The highest BCUT2D eigenvalue weighted by atomic mass is 35.5. The summed E-state index contributed by atoms with van der Waals surface area (Å²) in [7, 11) is -7.26. The second-order valence-electron chi connectivity index (χ2n) is 16.2. The van der Waals surface area contributed by atoms with Gasteiger partial charge in [0.05, 0.1) is 57.2 Å². The van der Waals surface area contributed by atoms with Crippen molar-refractivity contribution < 1.29 is 80.1 Å².